The average molecular weight is 296 g/mol. The molecule has 124 valence electrons. The summed E-state index contributed by atoms with van der Waals surface area (Å²) in [6.07, 6.45) is 9.55. The molecule has 1 saturated carbocycles. The first-order valence-electron chi connectivity index (χ1n) is 9.21. The first kappa shape index (κ1) is 17.2. The topological polar surface area (TPSA) is 24.5 Å². The molecule has 0 aromatic carbocycles. The summed E-state index contributed by atoms with van der Waals surface area (Å²) in [4.78, 5) is 2.86. The molecular weight excluding hydrogens is 260 g/mol. The van der Waals surface area contributed by atoms with Crippen molar-refractivity contribution < 1.29 is 4.74 Å². The molecule has 0 bridgehead atoms. The molecule has 21 heavy (non-hydrogen) atoms. The number of methoxy groups -OCH3 is 1. The van der Waals surface area contributed by atoms with Crippen LogP contribution in [0.4, 0.5) is 0 Å². The van der Waals surface area contributed by atoms with E-state index in [1.807, 2.05) is 7.11 Å². The summed E-state index contributed by atoms with van der Waals surface area (Å²) in [5.74, 6) is 0.781. The van der Waals surface area contributed by atoms with Crippen LogP contribution in [0, 0.1) is 5.92 Å². The lowest BCUT2D eigenvalue weighted by atomic mass is 9.86. The van der Waals surface area contributed by atoms with Gasteiger partial charge in [0.15, 0.2) is 0 Å². The average Bonchev–Trinajstić information content (AvgIpc) is 2.54. The van der Waals surface area contributed by atoms with E-state index < -0.39 is 0 Å². The highest BCUT2D eigenvalue weighted by molar-refractivity contribution is 4.93. The van der Waals surface area contributed by atoms with E-state index in [4.69, 9.17) is 4.74 Å². The second-order valence-electron chi connectivity index (χ2n) is 7.22. The van der Waals surface area contributed by atoms with E-state index in [-0.39, 0.29) is 0 Å². The maximum Gasteiger partial charge on any atom is 0.0586 e. The van der Waals surface area contributed by atoms with Crippen molar-refractivity contribution in [2.24, 2.45) is 5.92 Å². The molecule has 1 N–H and O–H groups in total. The largest absolute Gasteiger partial charge is 0.381 e. The quantitative estimate of drug-likeness (QED) is 0.812. The minimum atomic E-state index is 0.487. The summed E-state index contributed by atoms with van der Waals surface area (Å²) in [5.41, 5.74) is 0. The summed E-state index contributed by atoms with van der Waals surface area (Å²) >= 11 is 0. The van der Waals surface area contributed by atoms with Crippen LogP contribution < -0.4 is 5.32 Å². The van der Waals surface area contributed by atoms with Gasteiger partial charge in [-0.1, -0.05) is 33.6 Å². The lowest BCUT2D eigenvalue weighted by Crippen LogP contribution is -2.62. The third-order valence-corrected chi connectivity index (χ3v) is 5.81. The first-order valence-corrected chi connectivity index (χ1v) is 9.21. The highest BCUT2D eigenvalue weighted by Crippen LogP contribution is 2.30. The van der Waals surface area contributed by atoms with Crippen LogP contribution in [-0.2, 0) is 4.74 Å². The van der Waals surface area contributed by atoms with Crippen molar-refractivity contribution in [1.29, 1.82) is 0 Å². The van der Waals surface area contributed by atoms with Crippen molar-refractivity contribution in [2.75, 3.05) is 20.2 Å². The van der Waals surface area contributed by atoms with E-state index >= 15 is 0 Å². The Labute approximate surface area is 131 Å². The van der Waals surface area contributed by atoms with Gasteiger partial charge in [0.05, 0.1) is 6.10 Å². The number of piperazine rings is 1. The van der Waals surface area contributed by atoms with Crippen molar-refractivity contribution in [3.05, 3.63) is 0 Å². The zero-order chi connectivity index (χ0) is 15.2. The fraction of sp³-hybridized carbons (Fsp3) is 1.00. The summed E-state index contributed by atoms with van der Waals surface area (Å²) < 4.78 is 5.67. The highest BCUT2D eigenvalue weighted by atomic mass is 16.5. The van der Waals surface area contributed by atoms with Crippen LogP contribution in [0.5, 0.6) is 0 Å². The monoisotopic (exact) mass is 296 g/mol. The van der Waals surface area contributed by atoms with E-state index in [2.05, 4.69) is 31.0 Å². The van der Waals surface area contributed by atoms with Gasteiger partial charge in [0, 0.05) is 38.3 Å². The Morgan fingerprint density at radius 2 is 2.10 bits per heavy atom. The molecule has 3 nitrogen and oxygen atoms in total. The van der Waals surface area contributed by atoms with Crippen LogP contribution >= 0.6 is 0 Å². The number of ether oxygens (including phenoxy) is 1. The van der Waals surface area contributed by atoms with Crippen LogP contribution in [0.2, 0.25) is 0 Å². The maximum atomic E-state index is 5.67. The molecular formula is C18H36N2O. The van der Waals surface area contributed by atoms with Crippen LogP contribution in [0.25, 0.3) is 0 Å². The van der Waals surface area contributed by atoms with Gasteiger partial charge in [0.1, 0.15) is 0 Å². The van der Waals surface area contributed by atoms with Crippen molar-refractivity contribution in [3.63, 3.8) is 0 Å². The number of nitrogens with zero attached hydrogens (tertiary/aromatic N) is 1. The molecule has 5 atom stereocenters. The van der Waals surface area contributed by atoms with Gasteiger partial charge in [-0.25, -0.2) is 0 Å². The molecule has 3 heteroatoms. The van der Waals surface area contributed by atoms with Crippen LogP contribution in [0.1, 0.15) is 65.7 Å². The minimum absolute atomic E-state index is 0.487. The number of hydrogen-bond acceptors (Lipinski definition) is 3. The minimum Gasteiger partial charge on any atom is -0.381 e. The third kappa shape index (κ3) is 4.43. The maximum absolute atomic E-state index is 5.67. The van der Waals surface area contributed by atoms with E-state index in [9.17, 15) is 0 Å². The Hall–Kier alpha value is -0.120. The van der Waals surface area contributed by atoms with Gasteiger partial charge in [0.25, 0.3) is 0 Å². The molecule has 1 aliphatic heterocycles. The number of rotatable bonds is 6. The Bertz CT molecular complexity index is 297. The van der Waals surface area contributed by atoms with Gasteiger partial charge >= 0.3 is 0 Å². The number of hydrogen-bond donors (Lipinski definition) is 1. The molecule has 1 saturated heterocycles. The van der Waals surface area contributed by atoms with Crippen LogP contribution in [-0.4, -0.2) is 49.3 Å². The molecule has 0 spiro atoms. The summed E-state index contributed by atoms with van der Waals surface area (Å²) in [6.45, 7) is 9.47. The Kier molecular flexibility index (Phi) is 6.97. The molecule has 2 fully saturated rings. The molecule has 0 amide bonds. The van der Waals surface area contributed by atoms with Gasteiger partial charge in [-0.2, -0.15) is 0 Å². The van der Waals surface area contributed by atoms with E-state index in [0.29, 0.717) is 18.2 Å². The first-order chi connectivity index (χ1) is 10.2. The zero-order valence-electron chi connectivity index (χ0n) is 14.6. The van der Waals surface area contributed by atoms with Crippen LogP contribution in [0.3, 0.4) is 0 Å². The molecule has 1 aliphatic carbocycles. The normalized spacial score (nSPS) is 36.6. The van der Waals surface area contributed by atoms with Crippen molar-refractivity contribution >= 4 is 0 Å². The lowest BCUT2D eigenvalue weighted by Gasteiger charge is -2.49. The highest BCUT2D eigenvalue weighted by Gasteiger charge is 2.36. The van der Waals surface area contributed by atoms with Crippen LogP contribution in [0.15, 0.2) is 0 Å². The molecule has 5 unspecified atom stereocenters. The van der Waals surface area contributed by atoms with Crippen molar-refractivity contribution in [3.8, 4) is 0 Å². The fourth-order valence-corrected chi connectivity index (χ4v) is 4.26. The molecule has 1 heterocycles. The molecule has 2 aliphatic rings. The molecule has 0 aromatic rings. The molecule has 2 rings (SSSR count). The predicted octanol–water partition coefficient (Wildman–Crippen LogP) is 3.43. The number of nitrogens with one attached hydrogen (secondary N) is 1. The molecule has 0 radical (unpaired) electrons. The van der Waals surface area contributed by atoms with E-state index in [1.54, 1.807) is 0 Å². The summed E-state index contributed by atoms with van der Waals surface area (Å²) in [5, 5.41) is 3.81. The van der Waals surface area contributed by atoms with Crippen molar-refractivity contribution in [1.82, 2.24) is 10.2 Å². The molecule has 0 aromatic heterocycles. The third-order valence-electron chi connectivity index (χ3n) is 5.81. The van der Waals surface area contributed by atoms with Gasteiger partial charge in [-0.3, -0.25) is 4.90 Å². The fourth-order valence-electron chi connectivity index (χ4n) is 4.26. The Morgan fingerprint density at radius 3 is 2.76 bits per heavy atom. The Morgan fingerprint density at radius 1 is 1.29 bits per heavy atom. The second kappa shape index (κ2) is 8.50. The van der Waals surface area contributed by atoms with Crippen molar-refractivity contribution in [2.45, 2.75) is 89.9 Å². The van der Waals surface area contributed by atoms with Gasteiger partial charge < -0.3 is 10.1 Å². The standard InChI is InChI=1S/C18H36N2O/c1-5-8-15-13-20(18(12-19-15)14(3)6-2)16-9-7-10-17(11-16)21-4/h14-19H,5-13H2,1-4H3. The Balaban J connectivity index is 2.04. The second-order valence-corrected chi connectivity index (χ2v) is 7.22. The van der Waals surface area contributed by atoms with E-state index in [1.165, 1.54) is 58.0 Å². The lowest BCUT2D eigenvalue weighted by molar-refractivity contribution is -0.0129. The van der Waals surface area contributed by atoms with Gasteiger partial charge in [-0.15, -0.1) is 0 Å². The predicted molar refractivity (Wildman–Crippen MR) is 89.7 cm³/mol. The van der Waals surface area contributed by atoms with Gasteiger partial charge in [0.2, 0.25) is 0 Å². The van der Waals surface area contributed by atoms with E-state index in [0.717, 1.165) is 12.0 Å². The summed E-state index contributed by atoms with van der Waals surface area (Å²) in [6, 6.07) is 2.14. The van der Waals surface area contributed by atoms with Gasteiger partial charge in [-0.05, 0) is 38.0 Å². The SMILES string of the molecule is CCCC1CN(C2CCCC(OC)C2)C(C(C)CC)CN1. The smallest absolute Gasteiger partial charge is 0.0586 e. The zero-order valence-corrected chi connectivity index (χ0v) is 14.6. The summed E-state index contributed by atoms with van der Waals surface area (Å²) in [7, 11) is 1.89.